The average Bonchev–Trinajstić information content (AvgIpc) is 2.98. The van der Waals surface area contributed by atoms with Crippen molar-refractivity contribution in [1.82, 2.24) is 4.98 Å². The Kier molecular flexibility index (Phi) is 4.13. The van der Waals surface area contributed by atoms with Crippen molar-refractivity contribution in [3.05, 3.63) is 70.7 Å². The van der Waals surface area contributed by atoms with Crippen LogP contribution in [0.15, 0.2) is 59.1 Å². The molecule has 0 radical (unpaired) electrons. The molecule has 2 aromatic carbocycles. The lowest BCUT2D eigenvalue weighted by molar-refractivity contribution is 0.516. The van der Waals surface area contributed by atoms with E-state index in [2.05, 4.69) is 10.3 Å². The van der Waals surface area contributed by atoms with Gasteiger partial charge in [-0.15, -0.1) is 0 Å². The van der Waals surface area contributed by atoms with E-state index in [0.29, 0.717) is 22.5 Å². The molecule has 0 saturated heterocycles. The van der Waals surface area contributed by atoms with Gasteiger partial charge in [0.2, 0.25) is 5.89 Å². The zero-order chi connectivity index (χ0) is 14.7. The van der Waals surface area contributed by atoms with Gasteiger partial charge < -0.3 is 9.73 Å². The van der Waals surface area contributed by atoms with Gasteiger partial charge in [-0.05, 0) is 18.2 Å². The molecule has 0 aliphatic rings. The van der Waals surface area contributed by atoms with E-state index in [1.165, 1.54) is 0 Å². The summed E-state index contributed by atoms with van der Waals surface area (Å²) in [5.41, 5.74) is 1.75. The maximum Gasteiger partial charge on any atom is 0.214 e. The molecule has 5 heteroatoms. The number of aromatic nitrogens is 1. The van der Waals surface area contributed by atoms with Crippen LogP contribution in [0.5, 0.6) is 0 Å². The lowest BCUT2D eigenvalue weighted by atomic mass is 10.2. The fourth-order valence-electron chi connectivity index (χ4n) is 1.93. The van der Waals surface area contributed by atoms with Gasteiger partial charge in [-0.2, -0.15) is 0 Å². The number of nitrogens with zero attached hydrogens (tertiary/aromatic N) is 1. The molecule has 21 heavy (non-hydrogen) atoms. The zero-order valence-electron chi connectivity index (χ0n) is 11.0. The van der Waals surface area contributed by atoms with Crippen LogP contribution in [0.3, 0.4) is 0 Å². The van der Waals surface area contributed by atoms with Gasteiger partial charge in [-0.3, -0.25) is 0 Å². The second-order valence-electron chi connectivity index (χ2n) is 4.46. The van der Waals surface area contributed by atoms with Crippen molar-refractivity contribution < 1.29 is 4.42 Å². The Labute approximate surface area is 132 Å². The number of oxazole rings is 1. The van der Waals surface area contributed by atoms with Crippen molar-refractivity contribution >= 4 is 28.9 Å². The molecule has 0 saturated carbocycles. The van der Waals surface area contributed by atoms with Gasteiger partial charge >= 0.3 is 0 Å². The Hall–Kier alpha value is -1.97. The Bertz CT molecular complexity index is 741. The Morgan fingerprint density at radius 1 is 1.05 bits per heavy atom. The largest absolute Gasteiger partial charge is 0.439 e. The van der Waals surface area contributed by atoms with Crippen LogP contribution in [0.1, 0.15) is 5.89 Å². The molecular weight excluding hydrogens is 307 g/mol. The SMILES string of the molecule is Clc1ccc(Cl)c(NCc2ncc(-c3ccccc3)o2)c1. The van der Waals surface area contributed by atoms with Gasteiger partial charge in [0.05, 0.1) is 23.5 Å². The smallest absolute Gasteiger partial charge is 0.214 e. The van der Waals surface area contributed by atoms with E-state index in [9.17, 15) is 0 Å². The van der Waals surface area contributed by atoms with Crippen LogP contribution in [-0.2, 0) is 6.54 Å². The molecule has 1 heterocycles. The highest BCUT2D eigenvalue weighted by molar-refractivity contribution is 6.35. The quantitative estimate of drug-likeness (QED) is 0.713. The molecule has 0 amide bonds. The number of hydrogen-bond donors (Lipinski definition) is 1. The van der Waals surface area contributed by atoms with E-state index in [0.717, 1.165) is 17.0 Å². The van der Waals surface area contributed by atoms with Crippen molar-refractivity contribution in [2.75, 3.05) is 5.32 Å². The van der Waals surface area contributed by atoms with Gasteiger partial charge in [-0.25, -0.2) is 4.98 Å². The number of hydrogen-bond acceptors (Lipinski definition) is 3. The lowest BCUT2D eigenvalue weighted by Crippen LogP contribution is -1.99. The Balaban J connectivity index is 1.72. The first-order valence-electron chi connectivity index (χ1n) is 6.41. The molecule has 0 spiro atoms. The van der Waals surface area contributed by atoms with Gasteiger partial charge in [0.1, 0.15) is 0 Å². The van der Waals surface area contributed by atoms with Crippen LogP contribution < -0.4 is 5.32 Å². The molecule has 0 aliphatic heterocycles. The van der Waals surface area contributed by atoms with Crippen molar-refractivity contribution in [3.63, 3.8) is 0 Å². The minimum atomic E-state index is 0.437. The first kappa shape index (κ1) is 14.0. The van der Waals surface area contributed by atoms with E-state index in [1.807, 2.05) is 30.3 Å². The van der Waals surface area contributed by atoms with Crippen molar-refractivity contribution in [2.24, 2.45) is 0 Å². The molecule has 3 rings (SSSR count). The minimum absolute atomic E-state index is 0.437. The third kappa shape index (κ3) is 3.38. The monoisotopic (exact) mass is 318 g/mol. The zero-order valence-corrected chi connectivity index (χ0v) is 12.5. The van der Waals surface area contributed by atoms with E-state index in [1.54, 1.807) is 24.4 Å². The normalized spacial score (nSPS) is 10.6. The minimum Gasteiger partial charge on any atom is -0.439 e. The second kappa shape index (κ2) is 6.20. The van der Waals surface area contributed by atoms with Gasteiger partial charge in [0.25, 0.3) is 0 Å². The molecule has 0 unspecified atom stereocenters. The van der Waals surface area contributed by atoms with E-state index >= 15 is 0 Å². The fraction of sp³-hybridized carbons (Fsp3) is 0.0625. The van der Waals surface area contributed by atoms with Crippen LogP contribution in [0.2, 0.25) is 10.0 Å². The fourth-order valence-corrected chi connectivity index (χ4v) is 2.29. The first-order valence-corrected chi connectivity index (χ1v) is 7.17. The third-order valence-electron chi connectivity index (χ3n) is 2.97. The number of rotatable bonds is 4. The first-order chi connectivity index (χ1) is 10.2. The Morgan fingerprint density at radius 2 is 1.86 bits per heavy atom. The summed E-state index contributed by atoms with van der Waals surface area (Å²) >= 11 is 12.0. The van der Waals surface area contributed by atoms with E-state index in [4.69, 9.17) is 27.6 Å². The predicted molar refractivity (Wildman–Crippen MR) is 85.7 cm³/mol. The predicted octanol–water partition coefficient (Wildman–Crippen LogP) is 5.26. The van der Waals surface area contributed by atoms with Crippen LogP contribution in [0.25, 0.3) is 11.3 Å². The lowest BCUT2D eigenvalue weighted by Gasteiger charge is -2.06. The highest BCUT2D eigenvalue weighted by atomic mass is 35.5. The topological polar surface area (TPSA) is 38.1 Å². The maximum atomic E-state index is 6.09. The van der Waals surface area contributed by atoms with Gasteiger partial charge in [0, 0.05) is 10.6 Å². The number of nitrogens with one attached hydrogen (secondary N) is 1. The molecule has 1 N–H and O–H groups in total. The van der Waals surface area contributed by atoms with Crippen LogP contribution >= 0.6 is 23.2 Å². The maximum absolute atomic E-state index is 6.09. The molecule has 106 valence electrons. The summed E-state index contributed by atoms with van der Waals surface area (Å²) in [4.78, 5) is 4.25. The van der Waals surface area contributed by atoms with Crippen molar-refractivity contribution in [2.45, 2.75) is 6.54 Å². The van der Waals surface area contributed by atoms with Crippen molar-refractivity contribution in [1.29, 1.82) is 0 Å². The second-order valence-corrected chi connectivity index (χ2v) is 5.31. The number of benzene rings is 2. The molecule has 0 fully saturated rings. The number of anilines is 1. The summed E-state index contributed by atoms with van der Waals surface area (Å²) in [5.74, 6) is 1.33. The van der Waals surface area contributed by atoms with Crippen molar-refractivity contribution in [3.8, 4) is 11.3 Å². The van der Waals surface area contributed by atoms with Gasteiger partial charge in [-0.1, -0.05) is 53.5 Å². The summed E-state index contributed by atoms with van der Waals surface area (Å²) in [5, 5.41) is 4.39. The molecule has 3 aromatic rings. The summed E-state index contributed by atoms with van der Waals surface area (Å²) in [6.45, 7) is 0.437. The Morgan fingerprint density at radius 3 is 2.67 bits per heavy atom. The van der Waals surface area contributed by atoms with Crippen LogP contribution in [-0.4, -0.2) is 4.98 Å². The summed E-state index contributed by atoms with van der Waals surface area (Å²) in [6, 6.07) is 15.1. The highest BCUT2D eigenvalue weighted by Gasteiger charge is 2.07. The molecule has 1 aromatic heterocycles. The molecule has 0 aliphatic carbocycles. The highest BCUT2D eigenvalue weighted by Crippen LogP contribution is 2.26. The molecule has 3 nitrogen and oxygen atoms in total. The van der Waals surface area contributed by atoms with Crippen LogP contribution in [0, 0.1) is 0 Å². The van der Waals surface area contributed by atoms with E-state index < -0.39 is 0 Å². The van der Waals surface area contributed by atoms with Crippen LogP contribution in [0.4, 0.5) is 5.69 Å². The molecule has 0 bridgehead atoms. The standard InChI is InChI=1S/C16H12Cl2N2O/c17-12-6-7-13(18)14(8-12)19-10-16-20-9-15(21-16)11-4-2-1-3-5-11/h1-9,19H,10H2. The summed E-state index contributed by atoms with van der Waals surface area (Å²) < 4.78 is 5.71. The summed E-state index contributed by atoms with van der Waals surface area (Å²) in [7, 11) is 0. The van der Waals surface area contributed by atoms with E-state index in [-0.39, 0.29) is 0 Å². The molecule has 0 atom stereocenters. The number of halogens is 2. The average molecular weight is 319 g/mol. The molecular formula is C16H12Cl2N2O. The third-order valence-corrected chi connectivity index (χ3v) is 3.54. The van der Waals surface area contributed by atoms with Gasteiger partial charge in [0.15, 0.2) is 5.76 Å². The summed E-state index contributed by atoms with van der Waals surface area (Å²) in [6.07, 6.45) is 1.71.